The van der Waals surface area contributed by atoms with E-state index in [1.165, 1.54) is 16.8 Å². The van der Waals surface area contributed by atoms with Gasteiger partial charge in [-0.2, -0.15) is 0 Å². The second-order valence-electron chi connectivity index (χ2n) is 6.80. The summed E-state index contributed by atoms with van der Waals surface area (Å²) in [5, 5.41) is 3.14. The number of nitrogens with one attached hydrogen (secondary N) is 1. The number of anilines is 2. The van der Waals surface area contributed by atoms with Gasteiger partial charge in [-0.05, 0) is 68.8 Å². The molecule has 1 aliphatic heterocycles. The van der Waals surface area contributed by atoms with Crippen LogP contribution in [0, 0.1) is 18.9 Å². The number of pyridine rings is 1. The zero-order chi connectivity index (χ0) is 19.9. The Bertz CT molecular complexity index is 954. The van der Waals surface area contributed by atoms with Crippen molar-refractivity contribution in [1.29, 1.82) is 0 Å². The Kier molecular flexibility index (Phi) is 6.55. The van der Waals surface area contributed by atoms with Gasteiger partial charge in [0, 0.05) is 42.3 Å². The molecule has 3 rings (SSSR count). The third kappa shape index (κ3) is 4.64. The molecular weight excluding hydrogens is 344 g/mol. The molecule has 0 radical (unpaired) electrons. The normalized spacial score (nSPS) is 12.3. The van der Waals surface area contributed by atoms with E-state index < -0.39 is 0 Å². The summed E-state index contributed by atoms with van der Waals surface area (Å²) in [6.45, 7) is 12.5. The lowest BCUT2D eigenvalue weighted by Gasteiger charge is -2.27. The number of nitrogens with zero attached hydrogens (tertiary/aromatic N) is 3. The fraction of sp³-hybridized carbons (Fsp3) is 0.333. The molecule has 4 heteroatoms. The molecule has 0 unspecified atom stereocenters. The molecule has 2 aromatic rings. The highest BCUT2D eigenvalue weighted by atomic mass is 15.1. The summed E-state index contributed by atoms with van der Waals surface area (Å²) in [6, 6.07) is 13.6. The van der Waals surface area contributed by atoms with Crippen LogP contribution >= 0.6 is 0 Å². The molecule has 0 spiro atoms. The number of aryl methyl sites for hydroxylation is 1. The predicted octanol–water partition coefficient (Wildman–Crippen LogP) is 4.64. The number of hydrogen-bond acceptors (Lipinski definition) is 4. The highest BCUT2D eigenvalue weighted by molar-refractivity contribution is 5.75. The van der Waals surface area contributed by atoms with Crippen molar-refractivity contribution in [2.75, 3.05) is 29.9 Å². The van der Waals surface area contributed by atoms with Crippen LogP contribution in [0.3, 0.4) is 0 Å². The first-order valence-corrected chi connectivity index (χ1v) is 9.93. The van der Waals surface area contributed by atoms with E-state index in [0.717, 1.165) is 43.3 Å². The van der Waals surface area contributed by atoms with Crippen molar-refractivity contribution in [2.45, 2.75) is 34.2 Å². The smallest absolute Gasteiger partial charge is 0.138 e. The SMILES string of the molecule is CCN(CC)Cc1ccc2c(c1)C=C=C(C#CNc1ccnc(C)c1)N2CC. The Labute approximate surface area is 168 Å². The van der Waals surface area contributed by atoms with Crippen molar-refractivity contribution in [3.63, 3.8) is 0 Å². The Morgan fingerprint density at radius 3 is 2.68 bits per heavy atom. The van der Waals surface area contributed by atoms with Crippen LogP contribution in [-0.2, 0) is 6.54 Å². The summed E-state index contributed by atoms with van der Waals surface area (Å²) >= 11 is 0. The molecule has 0 bridgehead atoms. The zero-order valence-corrected chi connectivity index (χ0v) is 17.2. The fourth-order valence-electron chi connectivity index (χ4n) is 3.33. The quantitative estimate of drug-likeness (QED) is 0.455. The average Bonchev–Trinajstić information content (AvgIpc) is 2.71. The van der Waals surface area contributed by atoms with Crippen LogP contribution in [0.2, 0.25) is 0 Å². The molecule has 0 aliphatic carbocycles. The number of fused-ring (bicyclic) bond motifs is 1. The second kappa shape index (κ2) is 9.28. The highest BCUT2D eigenvalue weighted by Gasteiger charge is 2.16. The molecule has 0 amide bonds. The molecule has 28 heavy (non-hydrogen) atoms. The first-order valence-electron chi connectivity index (χ1n) is 9.93. The van der Waals surface area contributed by atoms with E-state index >= 15 is 0 Å². The first-order chi connectivity index (χ1) is 13.6. The lowest BCUT2D eigenvalue weighted by molar-refractivity contribution is 0.296. The molecule has 2 heterocycles. The van der Waals surface area contributed by atoms with E-state index in [2.05, 4.69) is 76.8 Å². The minimum atomic E-state index is 0.849. The molecular formula is C24H28N4. The number of benzene rings is 1. The molecule has 1 N–H and O–H groups in total. The number of hydrogen-bond donors (Lipinski definition) is 1. The first kappa shape index (κ1) is 19.8. The maximum absolute atomic E-state index is 4.20. The van der Waals surface area contributed by atoms with E-state index in [1.54, 1.807) is 6.20 Å². The lowest BCUT2D eigenvalue weighted by atomic mass is 10.0. The monoisotopic (exact) mass is 372 g/mol. The third-order valence-corrected chi connectivity index (χ3v) is 4.92. The van der Waals surface area contributed by atoms with Gasteiger partial charge in [0.05, 0.1) is 5.69 Å². The van der Waals surface area contributed by atoms with Crippen LogP contribution in [0.4, 0.5) is 11.4 Å². The van der Waals surface area contributed by atoms with Gasteiger partial charge in [-0.3, -0.25) is 9.88 Å². The molecule has 0 fully saturated rings. The predicted molar refractivity (Wildman–Crippen MR) is 118 cm³/mol. The summed E-state index contributed by atoms with van der Waals surface area (Å²) in [4.78, 5) is 8.83. The summed E-state index contributed by atoms with van der Waals surface area (Å²) in [5.74, 6) is 3.21. The number of allylic oxidation sites excluding steroid dienone is 1. The largest absolute Gasteiger partial charge is 0.328 e. The van der Waals surface area contributed by atoms with Crippen LogP contribution in [0.5, 0.6) is 0 Å². The fourth-order valence-corrected chi connectivity index (χ4v) is 3.33. The van der Waals surface area contributed by atoms with Crippen LogP contribution in [0.25, 0.3) is 6.08 Å². The van der Waals surface area contributed by atoms with Crippen molar-refractivity contribution >= 4 is 17.5 Å². The van der Waals surface area contributed by atoms with Crippen LogP contribution < -0.4 is 10.2 Å². The number of rotatable bonds is 6. The minimum absolute atomic E-state index is 0.849. The Balaban J connectivity index is 1.81. The van der Waals surface area contributed by atoms with E-state index in [0.29, 0.717) is 0 Å². The van der Waals surface area contributed by atoms with E-state index in [-0.39, 0.29) is 0 Å². The van der Waals surface area contributed by atoms with Gasteiger partial charge >= 0.3 is 0 Å². The summed E-state index contributed by atoms with van der Waals surface area (Å²) in [6.07, 6.45) is 3.83. The topological polar surface area (TPSA) is 31.4 Å². The summed E-state index contributed by atoms with van der Waals surface area (Å²) < 4.78 is 0. The Hall–Kier alpha value is -2.99. The van der Waals surface area contributed by atoms with Crippen molar-refractivity contribution < 1.29 is 0 Å². The molecule has 1 aliphatic rings. The molecule has 1 aromatic carbocycles. The summed E-state index contributed by atoms with van der Waals surface area (Å²) in [7, 11) is 0. The van der Waals surface area contributed by atoms with Gasteiger partial charge in [0.1, 0.15) is 5.70 Å². The summed E-state index contributed by atoms with van der Waals surface area (Å²) in [5.41, 5.74) is 9.88. The Morgan fingerprint density at radius 2 is 1.96 bits per heavy atom. The molecule has 1 aromatic heterocycles. The van der Waals surface area contributed by atoms with Gasteiger partial charge < -0.3 is 10.2 Å². The molecule has 0 saturated carbocycles. The van der Waals surface area contributed by atoms with Crippen molar-refractivity contribution in [3.8, 4) is 12.0 Å². The molecule has 0 saturated heterocycles. The van der Waals surface area contributed by atoms with Crippen LogP contribution in [0.15, 0.2) is 48.0 Å². The molecule has 4 nitrogen and oxygen atoms in total. The average molecular weight is 373 g/mol. The van der Waals surface area contributed by atoms with E-state index in [9.17, 15) is 0 Å². The van der Waals surface area contributed by atoms with Gasteiger partial charge in [0.25, 0.3) is 0 Å². The molecule has 144 valence electrons. The Morgan fingerprint density at radius 1 is 1.14 bits per heavy atom. The van der Waals surface area contributed by atoms with Crippen LogP contribution in [-0.4, -0.2) is 29.5 Å². The van der Waals surface area contributed by atoms with Crippen molar-refractivity contribution in [1.82, 2.24) is 9.88 Å². The molecule has 0 atom stereocenters. The van der Waals surface area contributed by atoms with Crippen LogP contribution in [0.1, 0.15) is 37.6 Å². The highest BCUT2D eigenvalue weighted by Crippen LogP contribution is 2.29. The van der Waals surface area contributed by atoms with E-state index in [4.69, 9.17) is 0 Å². The van der Waals surface area contributed by atoms with Crippen molar-refractivity contribution in [2.24, 2.45) is 0 Å². The standard InChI is InChI=1S/C24H28N4/c1-5-27(6-2)18-20-8-11-24-21(17-20)9-10-23(28(24)7-3)13-15-26-22-12-14-25-19(4)16-22/h8-9,11-12,14,16-17H,5-7,18H2,1-4H3,(H,25,26). The van der Waals surface area contributed by atoms with Gasteiger partial charge in [0.2, 0.25) is 0 Å². The minimum Gasteiger partial charge on any atom is -0.328 e. The maximum atomic E-state index is 4.20. The van der Waals surface area contributed by atoms with Gasteiger partial charge in [-0.1, -0.05) is 25.6 Å². The lowest BCUT2D eigenvalue weighted by Crippen LogP contribution is -2.24. The third-order valence-electron chi connectivity index (χ3n) is 4.92. The van der Waals surface area contributed by atoms with Gasteiger partial charge in [-0.25, -0.2) is 0 Å². The van der Waals surface area contributed by atoms with Gasteiger partial charge in [0.15, 0.2) is 0 Å². The second-order valence-corrected chi connectivity index (χ2v) is 6.80. The maximum Gasteiger partial charge on any atom is 0.138 e. The van der Waals surface area contributed by atoms with Crippen molar-refractivity contribution in [3.05, 3.63) is 64.8 Å². The van der Waals surface area contributed by atoms with Gasteiger partial charge in [-0.15, -0.1) is 0 Å². The van der Waals surface area contributed by atoms with E-state index in [1.807, 2.05) is 25.1 Å². The number of aromatic nitrogens is 1. The zero-order valence-electron chi connectivity index (χ0n) is 17.2.